The van der Waals surface area contributed by atoms with Crippen molar-refractivity contribution >= 4 is 5.97 Å². The first-order chi connectivity index (χ1) is 9.19. The number of esters is 1. The van der Waals surface area contributed by atoms with Gasteiger partial charge < -0.3 is 15.2 Å². The topological polar surface area (TPSA) is 74.4 Å². The Morgan fingerprint density at radius 1 is 1.45 bits per heavy atom. The molecule has 10 heteroatoms. The van der Waals surface area contributed by atoms with Crippen LogP contribution in [0.25, 0.3) is 0 Å². The van der Waals surface area contributed by atoms with E-state index >= 15 is 0 Å². The first kappa shape index (κ1) is 16.1. The summed E-state index contributed by atoms with van der Waals surface area (Å²) in [6.07, 6.45) is -8.51. The van der Waals surface area contributed by atoms with E-state index in [-0.39, 0.29) is 0 Å². The van der Waals surface area contributed by atoms with Crippen molar-refractivity contribution in [3.63, 3.8) is 0 Å². The maximum Gasteiger partial charge on any atom is 0.573 e. The summed E-state index contributed by atoms with van der Waals surface area (Å²) in [7, 11) is 0.967. The highest BCUT2D eigenvalue weighted by molar-refractivity contribution is 5.87. The number of nitrogens with two attached hydrogens (primary N) is 1. The van der Waals surface area contributed by atoms with Gasteiger partial charge in [0.1, 0.15) is 5.69 Å². The van der Waals surface area contributed by atoms with Crippen LogP contribution in [0.2, 0.25) is 0 Å². The SMILES string of the molecule is COC(=O)c1cc(C(F)F)c(OC(F)(F)F)c(CN)n1. The molecule has 0 fully saturated rings. The van der Waals surface area contributed by atoms with Crippen LogP contribution in [-0.4, -0.2) is 24.4 Å². The molecule has 5 nitrogen and oxygen atoms in total. The van der Waals surface area contributed by atoms with Crippen molar-refractivity contribution in [1.82, 2.24) is 4.98 Å². The summed E-state index contributed by atoms with van der Waals surface area (Å²) in [6, 6.07) is 0.469. The van der Waals surface area contributed by atoms with Gasteiger partial charge in [-0.2, -0.15) is 0 Å². The number of halogens is 5. The van der Waals surface area contributed by atoms with Gasteiger partial charge in [-0.1, -0.05) is 0 Å². The fourth-order valence-corrected chi connectivity index (χ4v) is 1.35. The first-order valence-corrected chi connectivity index (χ1v) is 5.05. The predicted octanol–water partition coefficient (Wildman–Crippen LogP) is 2.16. The predicted molar refractivity (Wildman–Crippen MR) is 55.1 cm³/mol. The summed E-state index contributed by atoms with van der Waals surface area (Å²) < 4.78 is 70.0. The molecule has 1 aromatic rings. The Kier molecular flexibility index (Phi) is 4.82. The molecule has 0 atom stereocenters. The molecule has 0 amide bonds. The zero-order valence-electron chi connectivity index (χ0n) is 10.0. The molecule has 0 aromatic carbocycles. The highest BCUT2D eigenvalue weighted by atomic mass is 19.4. The van der Waals surface area contributed by atoms with E-state index in [1.807, 2.05) is 0 Å². The molecule has 112 valence electrons. The summed E-state index contributed by atoms with van der Waals surface area (Å²) in [4.78, 5) is 14.7. The van der Waals surface area contributed by atoms with Gasteiger partial charge in [-0.3, -0.25) is 0 Å². The van der Waals surface area contributed by atoms with E-state index in [4.69, 9.17) is 5.73 Å². The summed E-state index contributed by atoms with van der Waals surface area (Å²) in [5, 5.41) is 0. The highest BCUT2D eigenvalue weighted by Gasteiger charge is 2.35. The minimum absolute atomic E-state index is 0.469. The molecular formula is C10H9F5N2O3. The minimum atomic E-state index is -5.19. The second-order valence-corrected chi connectivity index (χ2v) is 3.42. The monoisotopic (exact) mass is 300 g/mol. The fraction of sp³-hybridized carbons (Fsp3) is 0.400. The lowest BCUT2D eigenvalue weighted by Gasteiger charge is -2.16. The van der Waals surface area contributed by atoms with Crippen molar-refractivity contribution in [2.24, 2.45) is 5.73 Å². The lowest BCUT2D eigenvalue weighted by molar-refractivity contribution is -0.275. The van der Waals surface area contributed by atoms with E-state index in [1.165, 1.54) is 0 Å². The number of carbonyl (C=O) groups excluding carboxylic acids is 1. The average Bonchev–Trinajstić information content (AvgIpc) is 2.35. The van der Waals surface area contributed by atoms with Gasteiger partial charge >= 0.3 is 12.3 Å². The highest BCUT2D eigenvalue weighted by Crippen LogP contribution is 2.35. The standard InChI is InChI=1S/C10H9F5N2O3/c1-19-9(18)5-2-4(8(11)12)7(6(3-16)17-5)20-10(13,14)15/h2,8H,3,16H2,1H3. The smallest absolute Gasteiger partial charge is 0.464 e. The Balaban J connectivity index is 3.44. The van der Waals surface area contributed by atoms with Crippen molar-refractivity contribution in [3.8, 4) is 5.75 Å². The van der Waals surface area contributed by atoms with Crippen LogP contribution in [0.4, 0.5) is 22.0 Å². The van der Waals surface area contributed by atoms with Crippen LogP contribution in [0.15, 0.2) is 6.07 Å². The van der Waals surface area contributed by atoms with E-state index in [0.717, 1.165) is 7.11 Å². The Morgan fingerprint density at radius 3 is 2.45 bits per heavy atom. The number of aromatic nitrogens is 1. The minimum Gasteiger partial charge on any atom is -0.464 e. The second-order valence-electron chi connectivity index (χ2n) is 3.42. The molecule has 20 heavy (non-hydrogen) atoms. The second kappa shape index (κ2) is 5.99. The van der Waals surface area contributed by atoms with Gasteiger partial charge in [0.15, 0.2) is 5.75 Å². The van der Waals surface area contributed by atoms with Gasteiger partial charge in [0, 0.05) is 6.54 Å². The molecule has 0 bridgehead atoms. The molecule has 1 aromatic heterocycles. The molecule has 0 radical (unpaired) electrons. The Hall–Kier alpha value is -1.97. The average molecular weight is 300 g/mol. The van der Waals surface area contributed by atoms with Crippen LogP contribution in [0, 0.1) is 0 Å². The molecule has 1 heterocycles. The molecular weight excluding hydrogens is 291 g/mol. The Morgan fingerprint density at radius 2 is 2.05 bits per heavy atom. The van der Waals surface area contributed by atoms with Crippen molar-refractivity contribution in [1.29, 1.82) is 0 Å². The number of nitrogens with zero attached hydrogens (tertiary/aromatic N) is 1. The molecule has 0 unspecified atom stereocenters. The number of hydrogen-bond acceptors (Lipinski definition) is 5. The summed E-state index contributed by atoms with van der Waals surface area (Å²) in [5.41, 5.74) is 2.79. The third-order valence-electron chi connectivity index (χ3n) is 2.11. The fourth-order valence-electron chi connectivity index (χ4n) is 1.35. The Bertz CT molecular complexity index is 504. The van der Waals surface area contributed by atoms with Crippen LogP contribution >= 0.6 is 0 Å². The van der Waals surface area contributed by atoms with Crippen LogP contribution < -0.4 is 10.5 Å². The number of ether oxygens (including phenoxy) is 2. The van der Waals surface area contributed by atoms with Crippen LogP contribution in [-0.2, 0) is 11.3 Å². The van der Waals surface area contributed by atoms with E-state index < -0.39 is 48.0 Å². The lowest BCUT2D eigenvalue weighted by atomic mass is 10.1. The molecule has 0 saturated heterocycles. The number of pyridine rings is 1. The normalized spacial score (nSPS) is 11.6. The van der Waals surface area contributed by atoms with Gasteiger partial charge in [0.05, 0.1) is 18.4 Å². The molecule has 0 aliphatic rings. The number of alkyl halides is 5. The van der Waals surface area contributed by atoms with Crippen LogP contribution in [0.1, 0.15) is 28.2 Å². The third-order valence-corrected chi connectivity index (χ3v) is 2.11. The van der Waals surface area contributed by atoms with Crippen molar-refractivity contribution in [2.45, 2.75) is 19.3 Å². The molecule has 1 rings (SSSR count). The maximum absolute atomic E-state index is 12.8. The van der Waals surface area contributed by atoms with Crippen molar-refractivity contribution < 1.29 is 36.2 Å². The Labute approximate surface area is 109 Å². The zero-order valence-corrected chi connectivity index (χ0v) is 10.0. The third kappa shape index (κ3) is 3.76. The number of rotatable bonds is 4. The van der Waals surface area contributed by atoms with Gasteiger partial charge in [0.25, 0.3) is 6.43 Å². The van der Waals surface area contributed by atoms with Gasteiger partial charge in [0.2, 0.25) is 0 Å². The molecule has 0 spiro atoms. The van der Waals surface area contributed by atoms with E-state index in [2.05, 4.69) is 14.5 Å². The molecule has 0 aliphatic heterocycles. The van der Waals surface area contributed by atoms with Gasteiger partial charge in [-0.25, -0.2) is 18.6 Å². The van der Waals surface area contributed by atoms with E-state index in [0.29, 0.717) is 6.07 Å². The van der Waals surface area contributed by atoms with E-state index in [9.17, 15) is 26.7 Å². The van der Waals surface area contributed by atoms with Crippen molar-refractivity contribution in [3.05, 3.63) is 23.0 Å². The van der Waals surface area contributed by atoms with Crippen LogP contribution in [0.3, 0.4) is 0 Å². The number of methoxy groups -OCH3 is 1. The molecule has 0 aliphatic carbocycles. The zero-order chi connectivity index (χ0) is 15.5. The lowest BCUT2D eigenvalue weighted by Crippen LogP contribution is -2.21. The summed E-state index contributed by atoms with van der Waals surface area (Å²) >= 11 is 0. The largest absolute Gasteiger partial charge is 0.573 e. The van der Waals surface area contributed by atoms with Gasteiger partial charge in [-0.05, 0) is 6.07 Å². The number of hydrogen-bond donors (Lipinski definition) is 1. The summed E-state index contributed by atoms with van der Waals surface area (Å²) in [5.74, 6) is -2.29. The molecule has 2 N–H and O–H groups in total. The number of carbonyl (C=O) groups is 1. The van der Waals surface area contributed by atoms with Crippen LogP contribution in [0.5, 0.6) is 5.75 Å². The summed E-state index contributed by atoms with van der Waals surface area (Å²) in [6.45, 7) is -0.629. The van der Waals surface area contributed by atoms with E-state index in [1.54, 1.807) is 0 Å². The molecule has 0 saturated carbocycles. The quantitative estimate of drug-likeness (QED) is 0.681. The first-order valence-electron chi connectivity index (χ1n) is 5.05. The van der Waals surface area contributed by atoms with Crippen molar-refractivity contribution in [2.75, 3.05) is 7.11 Å². The van der Waals surface area contributed by atoms with Gasteiger partial charge in [-0.15, -0.1) is 13.2 Å². The maximum atomic E-state index is 12.8.